The molecule has 31 heavy (non-hydrogen) atoms. The summed E-state index contributed by atoms with van der Waals surface area (Å²) in [7, 11) is 0. The van der Waals surface area contributed by atoms with E-state index in [1.54, 1.807) is 6.92 Å². The minimum atomic E-state index is -0.530. The van der Waals surface area contributed by atoms with E-state index >= 15 is 0 Å². The third kappa shape index (κ3) is 4.97. The van der Waals surface area contributed by atoms with Gasteiger partial charge in [-0.15, -0.1) is 0 Å². The van der Waals surface area contributed by atoms with Crippen molar-refractivity contribution in [2.75, 3.05) is 13.1 Å². The molecule has 4 nitrogen and oxygen atoms in total. The van der Waals surface area contributed by atoms with Gasteiger partial charge < -0.3 is 10.1 Å². The fourth-order valence-electron chi connectivity index (χ4n) is 4.31. The first kappa shape index (κ1) is 21.1. The number of amides is 1. The van der Waals surface area contributed by atoms with Crippen LogP contribution in [0.25, 0.3) is 0 Å². The summed E-state index contributed by atoms with van der Waals surface area (Å²) in [4.78, 5) is 14.7. The van der Waals surface area contributed by atoms with E-state index < -0.39 is 6.10 Å². The molecule has 0 fully saturated rings. The number of hydrogen-bond acceptors (Lipinski definition) is 3. The van der Waals surface area contributed by atoms with Crippen molar-refractivity contribution in [2.45, 2.75) is 39.0 Å². The van der Waals surface area contributed by atoms with Gasteiger partial charge in [-0.1, -0.05) is 66.7 Å². The number of nitrogens with one attached hydrogen (secondary N) is 1. The topological polar surface area (TPSA) is 41.6 Å². The smallest absolute Gasteiger partial charge is 0.260 e. The predicted molar refractivity (Wildman–Crippen MR) is 124 cm³/mol. The van der Waals surface area contributed by atoms with Crippen LogP contribution in [0.2, 0.25) is 0 Å². The molecule has 0 spiro atoms. The summed E-state index contributed by atoms with van der Waals surface area (Å²) < 4.78 is 6.00. The van der Waals surface area contributed by atoms with Crippen molar-refractivity contribution in [3.63, 3.8) is 0 Å². The largest absolute Gasteiger partial charge is 0.481 e. The molecular weight excluding hydrogens is 384 g/mol. The van der Waals surface area contributed by atoms with Gasteiger partial charge in [0.1, 0.15) is 5.75 Å². The molecule has 0 unspecified atom stereocenters. The third-order valence-corrected chi connectivity index (χ3v) is 5.82. The number of rotatable bonds is 7. The molecule has 1 N–H and O–H groups in total. The van der Waals surface area contributed by atoms with Crippen LogP contribution in [0, 0.1) is 0 Å². The van der Waals surface area contributed by atoms with E-state index in [0.29, 0.717) is 6.54 Å². The van der Waals surface area contributed by atoms with Crippen LogP contribution in [-0.4, -0.2) is 30.0 Å². The second kappa shape index (κ2) is 9.80. The van der Waals surface area contributed by atoms with Crippen LogP contribution in [0.15, 0.2) is 78.9 Å². The lowest BCUT2D eigenvalue weighted by Gasteiger charge is -2.38. The number of likely N-dealkylation sites (N-methyl/N-ethyl adjacent to an activating group) is 1. The summed E-state index contributed by atoms with van der Waals surface area (Å²) >= 11 is 0. The summed E-state index contributed by atoms with van der Waals surface area (Å²) in [5, 5.41) is 2.82. The lowest BCUT2D eigenvalue weighted by molar-refractivity contribution is -0.127. The van der Waals surface area contributed by atoms with Crippen LogP contribution in [0.5, 0.6) is 5.75 Å². The minimum absolute atomic E-state index is 0.0921. The maximum absolute atomic E-state index is 12.1. The predicted octanol–water partition coefficient (Wildman–Crippen LogP) is 4.74. The molecule has 4 rings (SSSR count). The molecule has 0 aromatic heterocycles. The Hall–Kier alpha value is -3.11. The maximum Gasteiger partial charge on any atom is 0.260 e. The van der Waals surface area contributed by atoms with Crippen molar-refractivity contribution in [1.82, 2.24) is 10.2 Å². The van der Waals surface area contributed by atoms with Gasteiger partial charge in [-0.2, -0.15) is 0 Å². The molecule has 4 heteroatoms. The summed E-state index contributed by atoms with van der Waals surface area (Å²) in [6, 6.07) is 27.7. The van der Waals surface area contributed by atoms with Crippen LogP contribution in [0.4, 0.5) is 0 Å². The average molecular weight is 415 g/mol. The van der Waals surface area contributed by atoms with Gasteiger partial charge in [-0.05, 0) is 54.7 Å². The number of carbonyl (C=O) groups excluding carboxylic acids is 1. The van der Waals surface area contributed by atoms with Gasteiger partial charge in [-0.3, -0.25) is 9.69 Å². The standard InChI is InChI=1S/C27H30N2O2/c1-3-28-27(30)20(2)31-24-15-14-22-16-17-29(19-21-10-6-4-7-11-21)26(25(22)18-24)23-12-8-5-9-13-23/h4-15,18,20,26H,3,16-17,19H2,1-2H3,(H,28,30)/t20-,26-/m1/s1. The molecular formula is C27H30N2O2. The number of carbonyl (C=O) groups is 1. The Kier molecular flexibility index (Phi) is 6.68. The number of fused-ring (bicyclic) bond motifs is 1. The molecule has 1 aliphatic rings. The van der Waals surface area contributed by atoms with Gasteiger partial charge in [0.25, 0.3) is 5.91 Å². The normalized spacial score (nSPS) is 16.9. The van der Waals surface area contributed by atoms with Gasteiger partial charge in [0, 0.05) is 19.6 Å². The van der Waals surface area contributed by atoms with Crippen molar-refractivity contribution in [1.29, 1.82) is 0 Å². The van der Waals surface area contributed by atoms with Crippen LogP contribution in [0.1, 0.15) is 42.1 Å². The molecule has 1 aliphatic heterocycles. The fraction of sp³-hybridized carbons (Fsp3) is 0.296. The molecule has 3 aromatic rings. The number of hydrogen-bond donors (Lipinski definition) is 1. The highest BCUT2D eigenvalue weighted by Crippen LogP contribution is 2.38. The Labute approximate surface area is 184 Å². The van der Waals surface area contributed by atoms with Crippen LogP contribution < -0.4 is 10.1 Å². The highest BCUT2D eigenvalue weighted by molar-refractivity contribution is 5.80. The maximum atomic E-state index is 12.1. The third-order valence-electron chi connectivity index (χ3n) is 5.82. The summed E-state index contributed by atoms with van der Waals surface area (Å²) in [5.41, 5.74) is 5.18. The summed E-state index contributed by atoms with van der Waals surface area (Å²) in [5.74, 6) is 0.644. The highest BCUT2D eigenvalue weighted by atomic mass is 16.5. The van der Waals surface area contributed by atoms with Gasteiger partial charge in [0.05, 0.1) is 6.04 Å². The van der Waals surface area contributed by atoms with E-state index in [1.165, 1.54) is 22.3 Å². The lowest BCUT2D eigenvalue weighted by atomic mass is 9.87. The van der Waals surface area contributed by atoms with Crippen LogP contribution in [-0.2, 0) is 17.8 Å². The molecule has 0 saturated carbocycles. The minimum Gasteiger partial charge on any atom is -0.481 e. The molecule has 2 atom stereocenters. The van der Waals surface area contributed by atoms with Crippen molar-refractivity contribution in [3.05, 3.63) is 101 Å². The molecule has 160 valence electrons. The Morgan fingerprint density at radius 1 is 1.06 bits per heavy atom. The molecule has 0 aliphatic carbocycles. The van der Waals surface area contributed by atoms with Gasteiger partial charge in [-0.25, -0.2) is 0 Å². The summed E-state index contributed by atoms with van der Waals surface area (Å²) in [6.45, 7) is 6.19. The Morgan fingerprint density at radius 2 is 1.77 bits per heavy atom. The van der Waals surface area contributed by atoms with Gasteiger partial charge in [0.2, 0.25) is 0 Å². The zero-order valence-corrected chi connectivity index (χ0v) is 18.3. The summed E-state index contributed by atoms with van der Waals surface area (Å²) in [6.07, 6.45) is 0.467. The van der Waals surface area contributed by atoms with E-state index in [-0.39, 0.29) is 11.9 Å². The molecule has 0 bridgehead atoms. The molecule has 0 radical (unpaired) electrons. The molecule has 1 heterocycles. The Morgan fingerprint density at radius 3 is 2.48 bits per heavy atom. The molecule has 0 saturated heterocycles. The van der Waals surface area contributed by atoms with Crippen molar-refractivity contribution < 1.29 is 9.53 Å². The lowest BCUT2D eigenvalue weighted by Crippen LogP contribution is -2.37. The quantitative estimate of drug-likeness (QED) is 0.607. The number of benzene rings is 3. The second-order valence-electron chi connectivity index (χ2n) is 8.03. The fourth-order valence-corrected chi connectivity index (χ4v) is 4.31. The van der Waals surface area contributed by atoms with Crippen LogP contribution >= 0.6 is 0 Å². The first-order valence-electron chi connectivity index (χ1n) is 11.1. The number of ether oxygens (including phenoxy) is 1. The zero-order chi connectivity index (χ0) is 21.6. The highest BCUT2D eigenvalue weighted by Gasteiger charge is 2.29. The Balaban J connectivity index is 1.66. The SMILES string of the molecule is CCNC(=O)[C@@H](C)Oc1ccc2c(c1)[C@@H](c1ccccc1)N(Cc1ccccc1)CC2. The second-order valence-corrected chi connectivity index (χ2v) is 8.03. The van der Waals surface area contributed by atoms with Gasteiger partial charge >= 0.3 is 0 Å². The van der Waals surface area contributed by atoms with Gasteiger partial charge in [0.15, 0.2) is 6.10 Å². The number of nitrogens with zero attached hydrogens (tertiary/aromatic N) is 1. The molecule has 3 aromatic carbocycles. The van der Waals surface area contributed by atoms with Crippen molar-refractivity contribution >= 4 is 5.91 Å². The average Bonchev–Trinajstić information content (AvgIpc) is 2.80. The van der Waals surface area contributed by atoms with E-state index in [9.17, 15) is 4.79 Å². The first-order chi connectivity index (χ1) is 15.2. The van der Waals surface area contributed by atoms with Crippen molar-refractivity contribution in [3.8, 4) is 5.75 Å². The van der Waals surface area contributed by atoms with E-state index in [0.717, 1.165) is 25.3 Å². The Bertz CT molecular complexity index is 1000. The zero-order valence-electron chi connectivity index (χ0n) is 18.3. The first-order valence-corrected chi connectivity index (χ1v) is 11.1. The van der Waals surface area contributed by atoms with E-state index in [1.807, 2.05) is 13.0 Å². The molecule has 1 amide bonds. The monoisotopic (exact) mass is 414 g/mol. The van der Waals surface area contributed by atoms with Crippen molar-refractivity contribution in [2.24, 2.45) is 0 Å². The van der Waals surface area contributed by atoms with E-state index in [2.05, 4.69) is 83.0 Å². The van der Waals surface area contributed by atoms with Crippen LogP contribution in [0.3, 0.4) is 0 Å². The van der Waals surface area contributed by atoms with E-state index in [4.69, 9.17) is 4.74 Å².